The smallest absolute Gasteiger partial charge is 0.302 e. The highest BCUT2D eigenvalue weighted by Crippen LogP contribution is 2.28. The van der Waals surface area contributed by atoms with Crippen molar-refractivity contribution in [1.82, 2.24) is 15.2 Å². The quantitative estimate of drug-likeness (QED) is 0.861. The number of hydrazine groups is 1. The Morgan fingerprint density at radius 2 is 2.00 bits per heavy atom. The van der Waals surface area contributed by atoms with E-state index in [0.717, 1.165) is 6.42 Å². The average Bonchev–Trinajstić information content (AvgIpc) is 2.86. The lowest BCUT2D eigenvalue weighted by molar-refractivity contribution is 0.177. The molecule has 0 fully saturated rings. The fraction of sp³-hybridized carbons (Fsp3) is 0.308. The van der Waals surface area contributed by atoms with Gasteiger partial charge in [-0.25, -0.2) is 22.9 Å². The lowest BCUT2D eigenvalue weighted by Gasteiger charge is -2.24. The SMILES string of the molecule is CCCC1C=CNN1C(=O)NS(=O)(=O)c1c(Cl)cccc1Cl. The molecule has 1 aliphatic rings. The highest BCUT2D eigenvalue weighted by Gasteiger charge is 2.30. The zero-order valence-electron chi connectivity index (χ0n) is 11.7. The summed E-state index contributed by atoms with van der Waals surface area (Å²) < 4.78 is 26.6. The van der Waals surface area contributed by atoms with Gasteiger partial charge in [-0.15, -0.1) is 0 Å². The largest absolute Gasteiger partial charge is 0.350 e. The molecule has 1 aromatic carbocycles. The van der Waals surface area contributed by atoms with Crippen LogP contribution in [0.15, 0.2) is 35.4 Å². The van der Waals surface area contributed by atoms with E-state index in [9.17, 15) is 13.2 Å². The summed E-state index contributed by atoms with van der Waals surface area (Å²) in [6.07, 6.45) is 4.94. The molecule has 120 valence electrons. The van der Waals surface area contributed by atoms with Gasteiger partial charge in [0.15, 0.2) is 0 Å². The van der Waals surface area contributed by atoms with Crippen LogP contribution in [0.1, 0.15) is 19.8 Å². The highest BCUT2D eigenvalue weighted by molar-refractivity contribution is 7.90. The molecule has 0 bridgehead atoms. The van der Waals surface area contributed by atoms with Crippen molar-refractivity contribution < 1.29 is 13.2 Å². The summed E-state index contributed by atoms with van der Waals surface area (Å²) in [5.74, 6) is 0. The molecule has 1 heterocycles. The van der Waals surface area contributed by atoms with E-state index in [2.05, 4.69) is 5.43 Å². The first-order valence-electron chi connectivity index (χ1n) is 6.59. The summed E-state index contributed by atoms with van der Waals surface area (Å²) in [6, 6.07) is 3.31. The summed E-state index contributed by atoms with van der Waals surface area (Å²) in [4.78, 5) is 11.9. The second-order valence-corrected chi connectivity index (χ2v) is 7.11. The van der Waals surface area contributed by atoms with Crippen LogP contribution in [0.4, 0.5) is 4.79 Å². The molecule has 22 heavy (non-hydrogen) atoms. The molecule has 0 aromatic heterocycles. The van der Waals surface area contributed by atoms with Crippen LogP contribution in [-0.4, -0.2) is 25.5 Å². The van der Waals surface area contributed by atoms with Gasteiger partial charge in [0.05, 0.1) is 16.1 Å². The molecule has 0 spiro atoms. The summed E-state index contributed by atoms with van der Waals surface area (Å²) >= 11 is 11.8. The third-order valence-electron chi connectivity index (χ3n) is 3.08. The number of nitrogens with one attached hydrogen (secondary N) is 2. The number of rotatable bonds is 4. The lowest BCUT2D eigenvalue weighted by atomic mass is 10.2. The molecule has 2 amide bonds. The van der Waals surface area contributed by atoms with Crippen molar-refractivity contribution in [3.05, 3.63) is 40.5 Å². The topological polar surface area (TPSA) is 78.5 Å². The zero-order valence-corrected chi connectivity index (χ0v) is 14.0. The minimum absolute atomic E-state index is 0.0505. The number of benzene rings is 1. The van der Waals surface area contributed by atoms with Crippen LogP contribution in [0.2, 0.25) is 10.0 Å². The van der Waals surface area contributed by atoms with Gasteiger partial charge in [-0.05, 0) is 24.6 Å². The Hall–Kier alpha value is -1.44. The summed E-state index contributed by atoms with van der Waals surface area (Å²) in [7, 11) is -4.17. The van der Waals surface area contributed by atoms with Gasteiger partial charge < -0.3 is 5.43 Å². The van der Waals surface area contributed by atoms with Crippen molar-refractivity contribution >= 4 is 39.3 Å². The highest BCUT2D eigenvalue weighted by atomic mass is 35.5. The first-order valence-corrected chi connectivity index (χ1v) is 8.83. The van der Waals surface area contributed by atoms with Gasteiger partial charge in [-0.3, -0.25) is 0 Å². The third-order valence-corrected chi connectivity index (χ3v) is 5.35. The van der Waals surface area contributed by atoms with Crippen molar-refractivity contribution in [2.24, 2.45) is 0 Å². The van der Waals surface area contributed by atoms with E-state index >= 15 is 0 Å². The van der Waals surface area contributed by atoms with E-state index in [4.69, 9.17) is 23.2 Å². The molecule has 2 rings (SSSR count). The average molecular weight is 364 g/mol. The standard InChI is InChI=1S/C13H15Cl2N3O3S/c1-2-4-9-7-8-16-18(9)13(19)17-22(20,21)12-10(14)5-3-6-11(12)15/h3,5-9,16H,2,4H2,1H3,(H,17,19). The minimum Gasteiger partial charge on any atom is -0.302 e. The van der Waals surface area contributed by atoms with Crippen LogP contribution >= 0.6 is 23.2 Å². The van der Waals surface area contributed by atoms with E-state index in [1.807, 2.05) is 11.6 Å². The molecule has 9 heteroatoms. The van der Waals surface area contributed by atoms with E-state index < -0.39 is 16.1 Å². The molecule has 1 unspecified atom stereocenters. The van der Waals surface area contributed by atoms with Crippen molar-refractivity contribution in [3.63, 3.8) is 0 Å². The molecular weight excluding hydrogens is 349 g/mol. The van der Waals surface area contributed by atoms with E-state index in [-0.39, 0.29) is 21.0 Å². The molecule has 0 aliphatic carbocycles. The van der Waals surface area contributed by atoms with Gasteiger partial charge in [0.2, 0.25) is 0 Å². The number of amides is 2. The Morgan fingerprint density at radius 1 is 1.36 bits per heavy atom. The van der Waals surface area contributed by atoms with Crippen molar-refractivity contribution in [3.8, 4) is 0 Å². The molecule has 0 saturated heterocycles. The maximum Gasteiger partial charge on any atom is 0.350 e. The van der Waals surface area contributed by atoms with Crippen molar-refractivity contribution in [1.29, 1.82) is 0 Å². The minimum atomic E-state index is -4.17. The number of urea groups is 1. The molecule has 6 nitrogen and oxygen atoms in total. The summed E-state index contributed by atoms with van der Waals surface area (Å²) in [5, 5.41) is 1.11. The molecular formula is C13H15Cl2N3O3S. The van der Waals surface area contributed by atoms with E-state index in [0.29, 0.717) is 6.42 Å². The number of halogens is 2. The monoisotopic (exact) mass is 363 g/mol. The number of carbonyl (C=O) groups is 1. The van der Waals surface area contributed by atoms with Crippen LogP contribution in [-0.2, 0) is 10.0 Å². The molecule has 1 aromatic rings. The van der Waals surface area contributed by atoms with Gasteiger partial charge in [-0.1, -0.05) is 42.6 Å². The molecule has 1 atom stereocenters. The normalized spacial score (nSPS) is 17.4. The Balaban J connectivity index is 2.21. The van der Waals surface area contributed by atoms with Crippen LogP contribution in [0.3, 0.4) is 0 Å². The van der Waals surface area contributed by atoms with Crippen LogP contribution in [0, 0.1) is 0 Å². The lowest BCUT2D eigenvalue weighted by Crippen LogP contribution is -2.49. The molecule has 2 N–H and O–H groups in total. The Labute approximate surface area is 139 Å². The fourth-order valence-corrected chi connectivity index (χ4v) is 4.19. The van der Waals surface area contributed by atoms with Gasteiger partial charge in [-0.2, -0.15) is 0 Å². The van der Waals surface area contributed by atoms with Gasteiger partial charge in [0.25, 0.3) is 10.0 Å². The summed E-state index contributed by atoms with van der Waals surface area (Å²) in [5.41, 5.74) is 2.70. The van der Waals surface area contributed by atoms with Crippen molar-refractivity contribution in [2.45, 2.75) is 30.7 Å². The first kappa shape index (κ1) is 16.9. The molecule has 0 saturated carbocycles. The predicted molar refractivity (Wildman–Crippen MR) is 85.0 cm³/mol. The number of hydrogen-bond acceptors (Lipinski definition) is 4. The number of carbonyl (C=O) groups excluding carboxylic acids is 1. The molecule has 0 radical (unpaired) electrons. The summed E-state index contributed by atoms with van der Waals surface area (Å²) in [6.45, 7) is 1.97. The Bertz CT molecular complexity index is 686. The van der Waals surface area contributed by atoms with Crippen LogP contribution < -0.4 is 10.1 Å². The Morgan fingerprint density at radius 3 is 2.59 bits per heavy atom. The second-order valence-electron chi connectivity index (χ2n) is 4.68. The van der Waals surface area contributed by atoms with Crippen LogP contribution in [0.5, 0.6) is 0 Å². The van der Waals surface area contributed by atoms with E-state index in [1.165, 1.54) is 23.2 Å². The predicted octanol–water partition coefficient (Wildman–Crippen LogP) is 2.89. The van der Waals surface area contributed by atoms with E-state index in [1.54, 1.807) is 12.3 Å². The van der Waals surface area contributed by atoms with Crippen LogP contribution in [0.25, 0.3) is 0 Å². The second kappa shape index (κ2) is 6.76. The number of hydrogen-bond donors (Lipinski definition) is 2. The maximum absolute atomic E-state index is 12.3. The maximum atomic E-state index is 12.3. The zero-order chi connectivity index (χ0) is 16.3. The van der Waals surface area contributed by atoms with Gasteiger partial charge in [0.1, 0.15) is 4.90 Å². The van der Waals surface area contributed by atoms with Gasteiger partial charge in [0, 0.05) is 6.20 Å². The molecule has 1 aliphatic heterocycles. The third kappa shape index (κ3) is 3.48. The van der Waals surface area contributed by atoms with Crippen molar-refractivity contribution in [2.75, 3.05) is 0 Å². The number of nitrogens with zero attached hydrogens (tertiary/aromatic N) is 1. The fourth-order valence-electron chi connectivity index (χ4n) is 2.10. The first-order chi connectivity index (χ1) is 10.4. The number of sulfonamides is 1. The Kier molecular flexibility index (Phi) is 5.20. The van der Waals surface area contributed by atoms with Gasteiger partial charge >= 0.3 is 6.03 Å².